The van der Waals surface area contributed by atoms with Crippen LogP contribution in [0.25, 0.3) is 0 Å². The minimum absolute atomic E-state index is 0.144. The second kappa shape index (κ2) is 4.67. The first kappa shape index (κ1) is 14.0. The SMILES string of the molecule is CC(C)(C)c1cccc(C(C)(C)C)c1[O][Tl]. The van der Waals surface area contributed by atoms with Crippen molar-refractivity contribution in [2.45, 2.75) is 52.4 Å². The molecule has 0 aliphatic heterocycles. The summed E-state index contributed by atoms with van der Waals surface area (Å²) >= 11 is 0.537. The van der Waals surface area contributed by atoms with E-state index in [1.165, 1.54) is 11.1 Å². The summed E-state index contributed by atoms with van der Waals surface area (Å²) in [5.41, 5.74) is 2.93. The van der Waals surface area contributed by atoms with Crippen LogP contribution in [-0.4, -0.2) is 26.2 Å². The van der Waals surface area contributed by atoms with Gasteiger partial charge in [0.15, 0.2) is 0 Å². The van der Waals surface area contributed by atoms with Crippen LogP contribution in [0.5, 0.6) is 5.75 Å². The number of para-hydroxylation sites is 1. The molecule has 0 aromatic heterocycles. The van der Waals surface area contributed by atoms with Crippen molar-refractivity contribution in [1.29, 1.82) is 0 Å². The summed E-state index contributed by atoms with van der Waals surface area (Å²) in [6.45, 7) is 13.4. The van der Waals surface area contributed by atoms with E-state index < -0.39 is 0 Å². The van der Waals surface area contributed by atoms with Crippen molar-refractivity contribution in [1.82, 2.24) is 0 Å². The zero-order valence-electron chi connectivity index (χ0n) is 11.2. The van der Waals surface area contributed by atoms with Gasteiger partial charge in [0.25, 0.3) is 0 Å². The molecule has 0 fully saturated rings. The Labute approximate surface area is 116 Å². The van der Waals surface area contributed by atoms with E-state index in [0.717, 1.165) is 5.75 Å². The summed E-state index contributed by atoms with van der Waals surface area (Å²) < 4.78 is 5.80. The van der Waals surface area contributed by atoms with Gasteiger partial charge in [0, 0.05) is 0 Å². The van der Waals surface area contributed by atoms with Gasteiger partial charge < -0.3 is 0 Å². The van der Waals surface area contributed by atoms with E-state index in [-0.39, 0.29) is 10.8 Å². The van der Waals surface area contributed by atoms with Gasteiger partial charge in [-0.1, -0.05) is 0 Å². The molecule has 1 rings (SSSR count). The molecule has 0 atom stereocenters. The Hall–Kier alpha value is -0.0579. The Morgan fingerprint density at radius 2 is 1.25 bits per heavy atom. The number of benzene rings is 1. The summed E-state index contributed by atoms with van der Waals surface area (Å²) in [6.07, 6.45) is 0. The Morgan fingerprint density at radius 1 is 0.875 bits per heavy atom. The Morgan fingerprint density at radius 3 is 1.50 bits per heavy atom. The average molecular weight is 410 g/mol. The van der Waals surface area contributed by atoms with E-state index in [4.69, 9.17) is 2.69 Å². The maximum absolute atomic E-state index is 5.80. The summed E-state index contributed by atoms with van der Waals surface area (Å²) in [5.74, 6) is 1.12. The minimum atomic E-state index is 0.144. The van der Waals surface area contributed by atoms with E-state index in [1.54, 1.807) is 0 Å². The Balaban J connectivity index is 3.45. The van der Waals surface area contributed by atoms with Crippen LogP contribution in [0.3, 0.4) is 0 Å². The van der Waals surface area contributed by atoms with Crippen LogP contribution in [0.15, 0.2) is 18.2 Å². The molecule has 1 aromatic carbocycles. The fraction of sp³-hybridized carbons (Fsp3) is 0.571. The first-order chi connectivity index (χ1) is 7.18. The third-order valence-corrected chi connectivity index (χ3v) is 3.67. The Kier molecular flexibility index (Phi) is 4.09. The molecule has 0 unspecified atom stereocenters. The van der Waals surface area contributed by atoms with E-state index >= 15 is 0 Å². The van der Waals surface area contributed by atoms with Gasteiger partial charge in [0.1, 0.15) is 0 Å². The third-order valence-electron chi connectivity index (χ3n) is 2.75. The predicted molar refractivity (Wildman–Crippen MR) is 70.2 cm³/mol. The van der Waals surface area contributed by atoms with E-state index in [0.29, 0.717) is 26.2 Å². The second-order valence-electron chi connectivity index (χ2n) is 6.30. The van der Waals surface area contributed by atoms with Crippen LogP contribution in [-0.2, 0) is 10.8 Å². The molecule has 0 saturated heterocycles. The molecule has 0 aliphatic carbocycles. The first-order valence-electron chi connectivity index (χ1n) is 5.68. The molecule has 0 spiro atoms. The molecular weight excluding hydrogens is 389 g/mol. The Bertz CT molecular complexity index is 337. The van der Waals surface area contributed by atoms with Gasteiger partial charge in [-0.2, -0.15) is 0 Å². The molecule has 1 aromatic rings. The molecule has 0 saturated carbocycles. The zero-order chi connectivity index (χ0) is 12.6. The fourth-order valence-electron chi connectivity index (χ4n) is 1.85. The van der Waals surface area contributed by atoms with E-state index in [9.17, 15) is 0 Å². The van der Waals surface area contributed by atoms with Crippen molar-refractivity contribution in [3.8, 4) is 5.75 Å². The van der Waals surface area contributed by atoms with Gasteiger partial charge in [0.2, 0.25) is 0 Å². The van der Waals surface area contributed by atoms with Gasteiger partial charge in [-0.25, -0.2) is 0 Å². The van der Waals surface area contributed by atoms with Crippen LogP contribution in [0.2, 0.25) is 0 Å². The second-order valence-corrected chi connectivity index (χ2v) is 7.22. The van der Waals surface area contributed by atoms with Gasteiger partial charge in [-0.05, 0) is 0 Å². The number of hydrogen-bond donors (Lipinski definition) is 0. The predicted octanol–water partition coefficient (Wildman–Crippen LogP) is 3.74. The third kappa shape index (κ3) is 2.99. The molecule has 0 amide bonds. The molecule has 2 heteroatoms. The van der Waals surface area contributed by atoms with E-state index in [2.05, 4.69) is 59.7 Å². The molecule has 86 valence electrons. The molecular formula is C14H21OTl. The summed E-state index contributed by atoms with van der Waals surface area (Å²) in [5, 5.41) is 0. The molecule has 16 heavy (non-hydrogen) atoms. The van der Waals surface area contributed by atoms with Crippen LogP contribution >= 0.6 is 0 Å². The van der Waals surface area contributed by atoms with Crippen molar-refractivity contribution in [2.24, 2.45) is 0 Å². The first-order valence-corrected chi connectivity index (χ1v) is 7.52. The van der Waals surface area contributed by atoms with Crippen molar-refractivity contribution in [2.75, 3.05) is 0 Å². The van der Waals surface area contributed by atoms with Gasteiger partial charge in [0.05, 0.1) is 0 Å². The van der Waals surface area contributed by atoms with Crippen LogP contribution in [0.4, 0.5) is 0 Å². The van der Waals surface area contributed by atoms with Crippen LogP contribution < -0.4 is 2.69 Å². The summed E-state index contributed by atoms with van der Waals surface area (Å²) in [4.78, 5) is 0. The average Bonchev–Trinajstić information content (AvgIpc) is 2.13. The molecule has 1 nitrogen and oxygen atoms in total. The number of hydrogen-bond acceptors (Lipinski definition) is 1. The molecule has 0 radical (unpaired) electrons. The molecule has 0 N–H and O–H groups in total. The van der Waals surface area contributed by atoms with Crippen molar-refractivity contribution >= 4 is 26.2 Å². The van der Waals surface area contributed by atoms with Crippen LogP contribution in [0.1, 0.15) is 52.7 Å². The van der Waals surface area contributed by atoms with Crippen LogP contribution in [0, 0.1) is 0 Å². The van der Waals surface area contributed by atoms with Gasteiger partial charge >= 0.3 is 116 Å². The monoisotopic (exact) mass is 410 g/mol. The normalized spacial score (nSPS) is 12.6. The van der Waals surface area contributed by atoms with Crippen molar-refractivity contribution < 1.29 is 2.69 Å². The molecule has 0 aliphatic rings. The quantitative estimate of drug-likeness (QED) is 0.642. The zero-order valence-corrected chi connectivity index (χ0v) is 15.7. The fourth-order valence-corrected chi connectivity index (χ4v) is 2.83. The summed E-state index contributed by atoms with van der Waals surface area (Å²) in [7, 11) is 0. The van der Waals surface area contributed by atoms with Gasteiger partial charge in [-0.3, -0.25) is 0 Å². The van der Waals surface area contributed by atoms with Gasteiger partial charge in [-0.15, -0.1) is 0 Å². The van der Waals surface area contributed by atoms with E-state index in [1.807, 2.05) is 0 Å². The van der Waals surface area contributed by atoms with Crippen molar-refractivity contribution in [3.05, 3.63) is 29.3 Å². The molecule has 0 bridgehead atoms. The maximum atomic E-state index is 5.80. The summed E-state index contributed by atoms with van der Waals surface area (Å²) in [6, 6.07) is 6.52. The van der Waals surface area contributed by atoms with Crippen molar-refractivity contribution in [3.63, 3.8) is 0 Å². The topological polar surface area (TPSA) is 9.23 Å². The molecule has 0 heterocycles. The number of rotatable bonds is 1. The standard InChI is InChI=1S/C14H22O.Tl/c1-13(2,3)10-8-7-9-11(12(10)15)14(4,5)6;/h7-9,15H,1-6H3;/q;+1/p-1.